The van der Waals surface area contributed by atoms with E-state index < -0.39 is 11.6 Å². The lowest BCUT2D eigenvalue weighted by atomic mass is 10.2. The minimum absolute atomic E-state index is 0.224. The molecule has 1 nitrogen and oxygen atoms in total. The second kappa shape index (κ2) is 3.84. The SMILES string of the molecule is OCC#Cc1cc(F)cc(F)c1. The molecule has 1 aromatic carbocycles. The van der Waals surface area contributed by atoms with Crippen molar-refractivity contribution >= 4 is 0 Å². The van der Waals surface area contributed by atoms with Gasteiger partial charge in [-0.05, 0) is 12.1 Å². The van der Waals surface area contributed by atoms with Gasteiger partial charge in [-0.2, -0.15) is 0 Å². The molecule has 0 aliphatic carbocycles. The van der Waals surface area contributed by atoms with Gasteiger partial charge >= 0.3 is 0 Å². The molecule has 0 aromatic heterocycles. The highest BCUT2D eigenvalue weighted by atomic mass is 19.1. The highest BCUT2D eigenvalue weighted by Crippen LogP contribution is 2.06. The van der Waals surface area contributed by atoms with Crippen LogP contribution in [0.15, 0.2) is 18.2 Å². The van der Waals surface area contributed by atoms with Crippen LogP contribution in [-0.2, 0) is 0 Å². The summed E-state index contributed by atoms with van der Waals surface area (Å²) >= 11 is 0. The van der Waals surface area contributed by atoms with Gasteiger partial charge in [0, 0.05) is 11.6 Å². The molecular formula is C9H6F2O. The van der Waals surface area contributed by atoms with Gasteiger partial charge in [0.05, 0.1) is 0 Å². The Labute approximate surface area is 68.7 Å². The summed E-state index contributed by atoms with van der Waals surface area (Å²) in [4.78, 5) is 0. The van der Waals surface area contributed by atoms with Crippen molar-refractivity contribution in [1.82, 2.24) is 0 Å². The number of benzene rings is 1. The summed E-state index contributed by atoms with van der Waals surface area (Å²) in [5.74, 6) is 3.35. The molecule has 0 aliphatic rings. The number of rotatable bonds is 0. The molecule has 0 saturated carbocycles. The third-order valence-corrected chi connectivity index (χ3v) is 1.17. The Hall–Kier alpha value is -1.40. The summed E-state index contributed by atoms with van der Waals surface area (Å²) in [6.45, 7) is -0.321. The van der Waals surface area contributed by atoms with Crippen LogP contribution in [0.3, 0.4) is 0 Å². The maximum Gasteiger partial charge on any atom is 0.127 e. The zero-order chi connectivity index (χ0) is 8.97. The molecule has 0 spiro atoms. The van der Waals surface area contributed by atoms with E-state index in [-0.39, 0.29) is 12.2 Å². The zero-order valence-corrected chi connectivity index (χ0v) is 6.14. The summed E-state index contributed by atoms with van der Waals surface area (Å²) in [6, 6.07) is 2.97. The Balaban J connectivity index is 3.01. The quantitative estimate of drug-likeness (QED) is 0.579. The summed E-state index contributed by atoms with van der Waals surface area (Å²) in [5, 5.41) is 8.31. The molecule has 1 rings (SSSR count). The fraction of sp³-hybridized carbons (Fsp3) is 0.111. The number of halogens is 2. The average Bonchev–Trinajstić information content (AvgIpc) is 1.99. The van der Waals surface area contributed by atoms with Crippen LogP contribution < -0.4 is 0 Å². The molecule has 1 N–H and O–H groups in total. The number of hydrogen-bond donors (Lipinski definition) is 1. The van der Waals surface area contributed by atoms with E-state index in [0.717, 1.165) is 18.2 Å². The largest absolute Gasteiger partial charge is 0.384 e. The Kier molecular flexibility index (Phi) is 2.78. The molecule has 0 aliphatic heterocycles. The summed E-state index contributed by atoms with van der Waals surface area (Å²) in [7, 11) is 0. The highest BCUT2D eigenvalue weighted by Gasteiger charge is 1.96. The van der Waals surface area contributed by atoms with Crippen molar-refractivity contribution < 1.29 is 13.9 Å². The van der Waals surface area contributed by atoms with E-state index in [1.807, 2.05) is 0 Å². The van der Waals surface area contributed by atoms with Crippen LogP contribution in [0.4, 0.5) is 8.78 Å². The molecule has 12 heavy (non-hydrogen) atoms. The maximum atomic E-state index is 12.5. The van der Waals surface area contributed by atoms with Crippen molar-refractivity contribution in [2.75, 3.05) is 6.61 Å². The Morgan fingerprint density at radius 2 is 1.75 bits per heavy atom. The lowest BCUT2D eigenvalue weighted by Gasteiger charge is -1.91. The molecule has 0 amide bonds. The molecule has 0 fully saturated rings. The summed E-state index contributed by atoms with van der Waals surface area (Å²) < 4.78 is 25.0. The van der Waals surface area contributed by atoms with E-state index in [2.05, 4.69) is 11.8 Å². The van der Waals surface area contributed by atoms with Crippen molar-refractivity contribution in [3.05, 3.63) is 35.4 Å². The molecule has 0 atom stereocenters. The number of aliphatic hydroxyl groups excluding tert-OH is 1. The minimum Gasteiger partial charge on any atom is -0.384 e. The van der Waals surface area contributed by atoms with Crippen LogP contribution >= 0.6 is 0 Å². The van der Waals surface area contributed by atoms with E-state index in [1.165, 1.54) is 0 Å². The normalized spacial score (nSPS) is 8.92. The fourth-order valence-corrected chi connectivity index (χ4v) is 0.768. The van der Waals surface area contributed by atoms with E-state index in [1.54, 1.807) is 0 Å². The second-order valence-corrected chi connectivity index (χ2v) is 2.12. The van der Waals surface area contributed by atoms with Crippen LogP contribution in [-0.4, -0.2) is 11.7 Å². The highest BCUT2D eigenvalue weighted by molar-refractivity contribution is 5.34. The van der Waals surface area contributed by atoms with Crippen molar-refractivity contribution in [2.24, 2.45) is 0 Å². The Bertz CT molecular complexity index is 316. The Morgan fingerprint density at radius 1 is 1.17 bits per heavy atom. The van der Waals surface area contributed by atoms with Gasteiger partial charge in [0.1, 0.15) is 18.2 Å². The average molecular weight is 168 g/mol. The fourth-order valence-electron chi connectivity index (χ4n) is 0.768. The van der Waals surface area contributed by atoms with E-state index >= 15 is 0 Å². The van der Waals surface area contributed by atoms with Crippen molar-refractivity contribution in [3.8, 4) is 11.8 Å². The molecule has 0 bridgehead atoms. The molecule has 62 valence electrons. The lowest BCUT2D eigenvalue weighted by Crippen LogP contribution is -1.83. The molecule has 3 heteroatoms. The van der Waals surface area contributed by atoms with E-state index in [4.69, 9.17) is 5.11 Å². The van der Waals surface area contributed by atoms with Crippen LogP contribution in [0, 0.1) is 23.5 Å². The van der Waals surface area contributed by atoms with Gasteiger partial charge < -0.3 is 5.11 Å². The number of aliphatic hydroxyl groups is 1. The van der Waals surface area contributed by atoms with Crippen molar-refractivity contribution in [1.29, 1.82) is 0 Å². The van der Waals surface area contributed by atoms with Gasteiger partial charge in [0.25, 0.3) is 0 Å². The third-order valence-electron chi connectivity index (χ3n) is 1.17. The zero-order valence-electron chi connectivity index (χ0n) is 6.14. The first-order chi connectivity index (χ1) is 5.72. The maximum absolute atomic E-state index is 12.5. The van der Waals surface area contributed by atoms with Crippen LogP contribution in [0.2, 0.25) is 0 Å². The molecule has 0 heterocycles. The monoisotopic (exact) mass is 168 g/mol. The first-order valence-corrected chi connectivity index (χ1v) is 3.28. The second-order valence-electron chi connectivity index (χ2n) is 2.12. The molecule has 0 radical (unpaired) electrons. The molecule has 0 unspecified atom stereocenters. The predicted molar refractivity (Wildman–Crippen MR) is 40.3 cm³/mol. The van der Waals surface area contributed by atoms with Gasteiger partial charge in [-0.3, -0.25) is 0 Å². The van der Waals surface area contributed by atoms with Crippen LogP contribution in [0.25, 0.3) is 0 Å². The van der Waals surface area contributed by atoms with Crippen molar-refractivity contribution in [3.63, 3.8) is 0 Å². The Morgan fingerprint density at radius 3 is 2.25 bits per heavy atom. The van der Waals surface area contributed by atoms with Crippen LogP contribution in [0.5, 0.6) is 0 Å². The van der Waals surface area contributed by atoms with Gasteiger partial charge in [-0.15, -0.1) is 0 Å². The molecular weight excluding hydrogens is 162 g/mol. The first-order valence-electron chi connectivity index (χ1n) is 3.28. The third kappa shape index (κ3) is 2.33. The minimum atomic E-state index is -0.669. The summed E-state index contributed by atoms with van der Waals surface area (Å²) in [5.41, 5.74) is 0.224. The van der Waals surface area contributed by atoms with Crippen LogP contribution in [0.1, 0.15) is 5.56 Å². The van der Waals surface area contributed by atoms with E-state index in [0.29, 0.717) is 0 Å². The standard InChI is InChI=1S/C9H6F2O/c10-8-4-7(2-1-3-12)5-9(11)6-8/h4-6,12H,3H2. The summed E-state index contributed by atoms with van der Waals surface area (Å²) in [6.07, 6.45) is 0. The predicted octanol–water partition coefficient (Wildman–Crippen LogP) is 1.31. The molecule has 1 aromatic rings. The van der Waals surface area contributed by atoms with Gasteiger partial charge in [-0.1, -0.05) is 11.8 Å². The van der Waals surface area contributed by atoms with E-state index in [9.17, 15) is 8.78 Å². The van der Waals surface area contributed by atoms with Gasteiger partial charge in [-0.25, -0.2) is 8.78 Å². The topological polar surface area (TPSA) is 20.2 Å². The molecule has 0 saturated heterocycles. The lowest BCUT2D eigenvalue weighted by molar-refractivity contribution is 0.350. The van der Waals surface area contributed by atoms with Crippen molar-refractivity contribution in [2.45, 2.75) is 0 Å². The first kappa shape index (κ1) is 8.69. The van der Waals surface area contributed by atoms with Gasteiger partial charge in [0.2, 0.25) is 0 Å². The van der Waals surface area contributed by atoms with Gasteiger partial charge in [0.15, 0.2) is 0 Å². The number of hydrogen-bond acceptors (Lipinski definition) is 1. The smallest absolute Gasteiger partial charge is 0.127 e.